The molecular formula is C27H32N4O6S2. The number of hydrogen-bond acceptors (Lipinski definition) is 10. The quantitative estimate of drug-likeness (QED) is 0.169. The van der Waals surface area contributed by atoms with Gasteiger partial charge in [-0.25, -0.2) is 9.59 Å². The summed E-state index contributed by atoms with van der Waals surface area (Å²) in [5.41, 5.74) is 2.85. The van der Waals surface area contributed by atoms with Gasteiger partial charge in [-0.2, -0.15) is 0 Å². The van der Waals surface area contributed by atoms with Crippen molar-refractivity contribution in [2.45, 2.75) is 52.9 Å². The van der Waals surface area contributed by atoms with Crippen LogP contribution < -0.4 is 10.1 Å². The fourth-order valence-corrected chi connectivity index (χ4v) is 5.40. The summed E-state index contributed by atoms with van der Waals surface area (Å²) in [6.45, 7) is 13.8. The minimum Gasteiger partial charge on any atom is -0.486 e. The van der Waals surface area contributed by atoms with Gasteiger partial charge in [0.05, 0.1) is 24.5 Å². The molecule has 0 spiro atoms. The minimum atomic E-state index is -0.621. The van der Waals surface area contributed by atoms with Gasteiger partial charge in [0.2, 0.25) is 5.91 Å². The first-order chi connectivity index (χ1) is 18.7. The van der Waals surface area contributed by atoms with Crippen molar-refractivity contribution >= 4 is 45.9 Å². The van der Waals surface area contributed by atoms with E-state index in [9.17, 15) is 14.4 Å². The topological polar surface area (TPSA) is 122 Å². The Kier molecular flexibility index (Phi) is 10.7. The van der Waals surface area contributed by atoms with Gasteiger partial charge < -0.3 is 19.5 Å². The van der Waals surface area contributed by atoms with Crippen LogP contribution in [0.4, 0.5) is 5.00 Å². The fraction of sp³-hybridized carbons (Fsp3) is 0.370. The molecule has 0 fully saturated rings. The zero-order valence-corrected chi connectivity index (χ0v) is 24.3. The van der Waals surface area contributed by atoms with Gasteiger partial charge >= 0.3 is 11.9 Å². The zero-order valence-electron chi connectivity index (χ0n) is 22.7. The van der Waals surface area contributed by atoms with E-state index in [2.05, 4.69) is 22.1 Å². The molecule has 3 rings (SSSR count). The summed E-state index contributed by atoms with van der Waals surface area (Å²) < 4.78 is 18.0. The summed E-state index contributed by atoms with van der Waals surface area (Å²) >= 11 is 2.16. The molecule has 3 aromatic rings. The number of esters is 2. The number of benzene rings is 1. The third kappa shape index (κ3) is 7.48. The summed E-state index contributed by atoms with van der Waals surface area (Å²) in [7, 11) is 0. The monoisotopic (exact) mass is 572 g/mol. The highest BCUT2D eigenvalue weighted by molar-refractivity contribution is 7.99. The van der Waals surface area contributed by atoms with Gasteiger partial charge in [-0.3, -0.25) is 9.36 Å². The van der Waals surface area contributed by atoms with Crippen LogP contribution in [0.25, 0.3) is 0 Å². The highest BCUT2D eigenvalue weighted by Crippen LogP contribution is 2.34. The number of amides is 1. The molecule has 0 aliphatic heterocycles. The first kappa shape index (κ1) is 29.9. The van der Waals surface area contributed by atoms with Gasteiger partial charge in [0.1, 0.15) is 22.2 Å². The second kappa shape index (κ2) is 13.9. The van der Waals surface area contributed by atoms with Crippen molar-refractivity contribution < 1.29 is 28.6 Å². The minimum absolute atomic E-state index is 0.0127. The van der Waals surface area contributed by atoms with E-state index in [0.29, 0.717) is 23.1 Å². The molecule has 0 radical (unpaired) electrons. The lowest BCUT2D eigenvalue weighted by molar-refractivity contribution is -0.113. The summed E-state index contributed by atoms with van der Waals surface area (Å²) in [6.07, 6.45) is 1.71. The van der Waals surface area contributed by atoms with Crippen molar-refractivity contribution in [3.8, 4) is 5.75 Å². The van der Waals surface area contributed by atoms with Crippen molar-refractivity contribution in [1.82, 2.24) is 14.8 Å². The number of thioether (sulfide) groups is 1. The molecular weight excluding hydrogens is 540 g/mol. The predicted molar refractivity (Wildman–Crippen MR) is 151 cm³/mol. The number of allylic oxidation sites excluding steroid dienone is 1. The molecule has 0 aliphatic carbocycles. The molecule has 2 aromatic heterocycles. The first-order valence-corrected chi connectivity index (χ1v) is 14.1. The Morgan fingerprint density at radius 1 is 1.08 bits per heavy atom. The predicted octanol–water partition coefficient (Wildman–Crippen LogP) is 5.11. The van der Waals surface area contributed by atoms with Crippen LogP contribution in [-0.4, -0.2) is 51.6 Å². The fourth-order valence-electron chi connectivity index (χ4n) is 3.53. The largest absolute Gasteiger partial charge is 0.486 e. The van der Waals surface area contributed by atoms with E-state index in [0.717, 1.165) is 22.6 Å². The molecule has 0 atom stereocenters. The third-order valence-corrected chi connectivity index (χ3v) is 7.78. The molecule has 0 saturated carbocycles. The second-order valence-corrected chi connectivity index (χ2v) is 10.3. The van der Waals surface area contributed by atoms with E-state index >= 15 is 0 Å². The Balaban J connectivity index is 1.72. The van der Waals surface area contributed by atoms with Gasteiger partial charge in [0.25, 0.3) is 0 Å². The Labute approximate surface area is 235 Å². The number of nitrogens with zero attached hydrogens (tertiary/aromatic N) is 3. The number of thiophene rings is 1. The van der Waals surface area contributed by atoms with E-state index in [1.807, 2.05) is 36.6 Å². The van der Waals surface area contributed by atoms with Crippen LogP contribution in [0, 0.1) is 20.8 Å². The molecule has 39 heavy (non-hydrogen) atoms. The van der Waals surface area contributed by atoms with Gasteiger partial charge in [0.15, 0.2) is 11.0 Å². The van der Waals surface area contributed by atoms with Crippen LogP contribution in [0.1, 0.15) is 56.4 Å². The average Bonchev–Trinajstić information content (AvgIpc) is 3.43. The number of aryl methyl sites for hydroxylation is 2. The normalized spacial score (nSPS) is 10.7. The van der Waals surface area contributed by atoms with E-state index in [1.54, 1.807) is 26.8 Å². The van der Waals surface area contributed by atoms with Crippen molar-refractivity contribution in [3.63, 3.8) is 0 Å². The van der Waals surface area contributed by atoms with Crippen LogP contribution in [0.2, 0.25) is 0 Å². The lowest BCUT2D eigenvalue weighted by Crippen LogP contribution is -2.17. The number of aromatic nitrogens is 3. The summed E-state index contributed by atoms with van der Waals surface area (Å²) in [5, 5.41) is 12.0. The number of nitrogens with one attached hydrogen (secondary N) is 1. The van der Waals surface area contributed by atoms with Crippen molar-refractivity contribution in [3.05, 3.63) is 63.8 Å². The standard InChI is InChI=1S/C27H32N4O6S2/c1-7-12-31-20(14-37-19-11-10-16(4)17(5)13-19)29-30-27(31)38-15-21(32)28-24-22(25(33)35-8-2)18(6)23(39-24)26(34)36-9-3/h7,10-11,13H,1,8-9,12,14-15H2,2-6H3,(H,28,32). The summed E-state index contributed by atoms with van der Waals surface area (Å²) in [6, 6.07) is 5.87. The highest BCUT2D eigenvalue weighted by atomic mass is 32.2. The molecule has 10 nitrogen and oxygen atoms in total. The Morgan fingerprint density at radius 3 is 2.46 bits per heavy atom. The van der Waals surface area contributed by atoms with Crippen molar-refractivity contribution in [2.75, 3.05) is 24.3 Å². The third-order valence-electron chi connectivity index (χ3n) is 5.62. The van der Waals surface area contributed by atoms with Crippen LogP contribution in [0.15, 0.2) is 36.0 Å². The van der Waals surface area contributed by atoms with Gasteiger partial charge in [-0.05, 0) is 63.4 Å². The maximum Gasteiger partial charge on any atom is 0.348 e. The molecule has 0 unspecified atom stereocenters. The number of rotatable bonds is 13. The number of carbonyl (C=O) groups excluding carboxylic acids is 3. The molecule has 0 bridgehead atoms. The Hall–Kier alpha value is -3.64. The molecule has 0 aliphatic rings. The zero-order chi connectivity index (χ0) is 28.5. The maximum absolute atomic E-state index is 12.9. The molecule has 1 N–H and O–H groups in total. The van der Waals surface area contributed by atoms with Crippen LogP contribution >= 0.6 is 23.1 Å². The van der Waals surface area contributed by atoms with Crippen molar-refractivity contribution in [2.24, 2.45) is 0 Å². The number of carbonyl (C=O) groups is 3. The van der Waals surface area contributed by atoms with E-state index in [4.69, 9.17) is 14.2 Å². The van der Waals surface area contributed by atoms with E-state index < -0.39 is 11.9 Å². The molecule has 1 aromatic carbocycles. The molecule has 2 heterocycles. The smallest absolute Gasteiger partial charge is 0.348 e. The van der Waals surface area contributed by atoms with Crippen LogP contribution in [-0.2, 0) is 27.4 Å². The van der Waals surface area contributed by atoms with Crippen molar-refractivity contribution in [1.29, 1.82) is 0 Å². The number of anilines is 1. The average molecular weight is 573 g/mol. The molecule has 208 valence electrons. The van der Waals surface area contributed by atoms with E-state index in [1.165, 1.54) is 17.3 Å². The first-order valence-electron chi connectivity index (χ1n) is 12.3. The Bertz CT molecular complexity index is 1360. The van der Waals surface area contributed by atoms with E-state index in [-0.39, 0.29) is 46.9 Å². The van der Waals surface area contributed by atoms with Gasteiger partial charge in [-0.15, -0.1) is 28.1 Å². The number of hydrogen-bond donors (Lipinski definition) is 1. The van der Waals surface area contributed by atoms with Gasteiger partial charge in [0, 0.05) is 6.54 Å². The second-order valence-electron chi connectivity index (χ2n) is 8.37. The Morgan fingerprint density at radius 2 is 1.79 bits per heavy atom. The lowest BCUT2D eigenvalue weighted by Gasteiger charge is -2.10. The van der Waals surface area contributed by atoms with Crippen LogP contribution in [0.5, 0.6) is 5.75 Å². The molecule has 12 heteroatoms. The maximum atomic E-state index is 12.9. The van der Waals surface area contributed by atoms with Gasteiger partial charge in [-0.1, -0.05) is 23.9 Å². The molecule has 1 amide bonds. The summed E-state index contributed by atoms with van der Waals surface area (Å²) in [4.78, 5) is 38.1. The lowest BCUT2D eigenvalue weighted by atomic mass is 10.1. The number of ether oxygens (including phenoxy) is 3. The summed E-state index contributed by atoms with van der Waals surface area (Å²) in [5.74, 6) is -0.263. The SMILES string of the molecule is C=CCn1c(COc2ccc(C)c(C)c2)nnc1SCC(=O)Nc1sc(C(=O)OCC)c(C)c1C(=O)OCC. The highest BCUT2D eigenvalue weighted by Gasteiger charge is 2.27. The van der Waals surface area contributed by atoms with Crippen LogP contribution in [0.3, 0.4) is 0 Å². The molecule has 0 saturated heterocycles.